The molecule has 0 radical (unpaired) electrons. The van der Waals surface area contributed by atoms with Crippen molar-refractivity contribution in [2.45, 2.75) is 39.2 Å². The van der Waals surface area contributed by atoms with Crippen molar-refractivity contribution >= 4 is 11.9 Å². The molecule has 1 aromatic carbocycles. The number of aliphatic carboxylic acids is 1. The summed E-state index contributed by atoms with van der Waals surface area (Å²) >= 11 is 0. The Hall–Kier alpha value is -1.84. The van der Waals surface area contributed by atoms with E-state index < -0.39 is 12.0 Å². The maximum atomic E-state index is 12.6. The van der Waals surface area contributed by atoms with E-state index in [-0.39, 0.29) is 5.91 Å². The molecule has 1 fully saturated rings. The van der Waals surface area contributed by atoms with E-state index in [1.165, 1.54) is 4.90 Å². The molecular formula is C15H19NO3. The Morgan fingerprint density at radius 3 is 2.68 bits per heavy atom. The summed E-state index contributed by atoms with van der Waals surface area (Å²) in [5.41, 5.74) is 2.60. The number of piperidine rings is 1. The standard InChI is InChI=1S/C15H19NO3/c1-10-6-5-7-12(11(10)2)14(17)16-9-4-3-8-13(16)15(18)19/h5-7,13H,3-4,8-9H2,1-2H3,(H,18,19)/t13-/m1/s1. The van der Waals surface area contributed by atoms with Gasteiger partial charge in [0, 0.05) is 12.1 Å². The summed E-state index contributed by atoms with van der Waals surface area (Å²) in [6.45, 7) is 4.39. The summed E-state index contributed by atoms with van der Waals surface area (Å²) in [5.74, 6) is -1.06. The molecule has 1 aliphatic rings. The molecule has 1 aliphatic heterocycles. The highest BCUT2D eigenvalue weighted by Crippen LogP contribution is 2.22. The average Bonchev–Trinajstić information content (AvgIpc) is 2.41. The van der Waals surface area contributed by atoms with Crippen molar-refractivity contribution in [3.05, 3.63) is 34.9 Å². The van der Waals surface area contributed by atoms with Crippen molar-refractivity contribution in [1.29, 1.82) is 0 Å². The minimum Gasteiger partial charge on any atom is -0.480 e. The molecule has 0 bridgehead atoms. The molecule has 1 atom stereocenters. The monoisotopic (exact) mass is 261 g/mol. The molecule has 1 saturated heterocycles. The normalized spacial score (nSPS) is 19.3. The van der Waals surface area contributed by atoms with Crippen molar-refractivity contribution < 1.29 is 14.7 Å². The highest BCUT2D eigenvalue weighted by atomic mass is 16.4. The van der Waals surface area contributed by atoms with Crippen LogP contribution < -0.4 is 0 Å². The second kappa shape index (κ2) is 5.43. The summed E-state index contributed by atoms with van der Waals surface area (Å²) in [6, 6.07) is 4.89. The number of benzene rings is 1. The molecular weight excluding hydrogens is 242 g/mol. The lowest BCUT2D eigenvalue weighted by Crippen LogP contribution is -2.48. The molecule has 1 amide bonds. The maximum Gasteiger partial charge on any atom is 0.326 e. The molecule has 4 nitrogen and oxygen atoms in total. The van der Waals surface area contributed by atoms with E-state index in [1.54, 1.807) is 6.07 Å². The fraction of sp³-hybridized carbons (Fsp3) is 0.467. The highest BCUT2D eigenvalue weighted by Gasteiger charge is 2.32. The first-order chi connectivity index (χ1) is 9.02. The van der Waals surface area contributed by atoms with E-state index in [1.807, 2.05) is 26.0 Å². The Kier molecular flexibility index (Phi) is 3.88. The van der Waals surface area contributed by atoms with Gasteiger partial charge in [0.2, 0.25) is 0 Å². The zero-order valence-corrected chi connectivity index (χ0v) is 11.3. The van der Waals surface area contributed by atoms with Crippen LogP contribution in [0.15, 0.2) is 18.2 Å². The number of carbonyl (C=O) groups is 2. The smallest absolute Gasteiger partial charge is 0.326 e. The third-order valence-corrected chi connectivity index (χ3v) is 3.88. The predicted octanol–water partition coefficient (Wildman–Crippen LogP) is 2.38. The molecule has 2 rings (SSSR count). The first kappa shape index (κ1) is 13.6. The molecule has 0 unspecified atom stereocenters. The second-order valence-corrected chi connectivity index (χ2v) is 5.10. The van der Waals surface area contributed by atoms with Gasteiger partial charge in [-0.1, -0.05) is 12.1 Å². The lowest BCUT2D eigenvalue weighted by molar-refractivity contribution is -0.143. The predicted molar refractivity (Wildman–Crippen MR) is 72.2 cm³/mol. The van der Waals surface area contributed by atoms with E-state index >= 15 is 0 Å². The van der Waals surface area contributed by atoms with Crippen LogP contribution in [0.25, 0.3) is 0 Å². The van der Waals surface area contributed by atoms with E-state index in [0.29, 0.717) is 18.5 Å². The average molecular weight is 261 g/mol. The summed E-state index contributed by atoms with van der Waals surface area (Å²) < 4.78 is 0. The van der Waals surface area contributed by atoms with Crippen LogP contribution in [0, 0.1) is 13.8 Å². The molecule has 0 spiro atoms. The quantitative estimate of drug-likeness (QED) is 0.889. The minimum atomic E-state index is -0.904. The highest BCUT2D eigenvalue weighted by molar-refractivity contribution is 5.98. The van der Waals surface area contributed by atoms with Gasteiger partial charge in [-0.05, 0) is 50.3 Å². The molecule has 0 aliphatic carbocycles. The first-order valence-electron chi connectivity index (χ1n) is 6.62. The second-order valence-electron chi connectivity index (χ2n) is 5.10. The number of nitrogens with zero attached hydrogens (tertiary/aromatic N) is 1. The van der Waals surface area contributed by atoms with E-state index in [2.05, 4.69) is 0 Å². The number of rotatable bonds is 2. The van der Waals surface area contributed by atoms with Crippen LogP contribution >= 0.6 is 0 Å². The fourth-order valence-electron chi connectivity index (χ4n) is 2.57. The fourth-order valence-corrected chi connectivity index (χ4v) is 2.57. The molecule has 1 heterocycles. The van der Waals surface area contributed by atoms with Crippen LogP contribution in [0.4, 0.5) is 0 Å². The SMILES string of the molecule is Cc1cccc(C(=O)N2CCCC[C@@H]2C(=O)O)c1C. The zero-order valence-electron chi connectivity index (χ0n) is 11.3. The van der Waals surface area contributed by atoms with Crippen molar-refractivity contribution in [1.82, 2.24) is 4.90 Å². The summed E-state index contributed by atoms with van der Waals surface area (Å²) in [7, 11) is 0. The van der Waals surface area contributed by atoms with Gasteiger partial charge in [-0.15, -0.1) is 0 Å². The van der Waals surface area contributed by atoms with Gasteiger partial charge in [0.25, 0.3) is 5.91 Å². The third kappa shape index (κ3) is 2.62. The Morgan fingerprint density at radius 1 is 1.26 bits per heavy atom. The molecule has 19 heavy (non-hydrogen) atoms. The zero-order chi connectivity index (χ0) is 14.0. The van der Waals surface area contributed by atoms with Gasteiger partial charge in [0.15, 0.2) is 0 Å². The van der Waals surface area contributed by atoms with Crippen LogP contribution in [0.2, 0.25) is 0 Å². The van der Waals surface area contributed by atoms with Crippen LogP contribution in [0.3, 0.4) is 0 Å². The third-order valence-electron chi connectivity index (χ3n) is 3.88. The Morgan fingerprint density at radius 2 is 2.00 bits per heavy atom. The number of carboxylic acid groups (broad SMARTS) is 1. The Bertz CT molecular complexity index is 510. The van der Waals surface area contributed by atoms with Crippen molar-refractivity contribution in [3.8, 4) is 0 Å². The molecule has 4 heteroatoms. The van der Waals surface area contributed by atoms with E-state index in [4.69, 9.17) is 0 Å². The molecule has 1 aromatic rings. The molecule has 1 N–H and O–H groups in total. The van der Waals surface area contributed by atoms with E-state index in [0.717, 1.165) is 24.0 Å². The molecule has 102 valence electrons. The van der Waals surface area contributed by atoms with Gasteiger partial charge in [-0.2, -0.15) is 0 Å². The lowest BCUT2D eigenvalue weighted by atomic mass is 9.98. The van der Waals surface area contributed by atoms with E-state index in [9.17, 15) is 14.7 Å². The van der Waals surface area contributed by atoms with Gasteiger partial charge >= 0.3 is 5.97 Å². The summed E-state index contributed by atoms with van der Waals surface area (Å²) in [4.78, 5) is 25.3. The number of hydrogen-bond donors (Lipinski definition) is 1. The number of likely N-dealkylation sites (tertiary alicyclic amines) is 1. The Balaban J connectivity index is 2.31. The number of carboxylic acids is 1. The largest absolute Gasteiger partial charge is 0.480 e. The minimum absolute atomic E-state index is 0.159. The van der Waals surface area contributed by atoms with Crippen LogP contribution in [-0.2, 0) is 4.79 Å². The van der Waals surface area contributed by atoms with Crippen molar-refractivity contribution in [2.24, 2.45) is 0 Å². The van der Waals surface area contributed by atoms with Gasteiger partial charge in [0.05, 0.1) is 0 Å². The topological polar surface area (TPSA) is 57.6 Å². The number of carbonyl (C=O) groups excluding carboxylic acids is 1. The van der Waals surface area contributed by atoms with Gasteiger partial charge < -0.3 is 10.0 Å². The first-order valence-corrected chi connectivity index (χ1v) is 6.62. The van der Waals surface area contributed by atoms with Gasteiger partial charge in [-0.3, -0.25) is 4.79 Å². The molecule has 0 saturated carbocycles. The lowest BCUT2D eigenvalue weighted by Gasteiger charge is -2.33. The number of aryl methyl sites for hydroxylation is 1. The summed E-state index contributed by atoms with van der Waals surface area (Å²) in [6.07, 6.45) is 2.29. The Labute approximate surface area is 113 Å². The van der Waals surface area contributed by atoms with Crippen LogP contribution in [0.1, 0.15) is 40.7 Å². The number of amides is 1. The van der Waals surface area contributed by atoms with Crippen LogP contribution in [0.5, 0.6) is 0 Å². The van der Waals surface area contributed by atoms with Crippen molar-refractivity contribution in [2.75, 3.05) is 6.54 Å². The summed E-state index contributed by atoms with van der Waals surface area (Å²) in [5, 5.41) is 9.23. The van der Waals surface area contributed by atoms with Crippen LogP contribution in [-0.4, -0.2) is 34.5 Å². The van der Waals surface area contributed by atoms with Gasteiger partial charge in [0.1, 0.15) is 6.04 Å². The molecule has 0 aromatic heterocycles. The van der Waals surface area contributed by atoms with Crippen molar-refractivity contribution in [3.63, 3.8) is 0 Å². The van der Waals surface area contributed by atoms with Gasteiger partial charge in [-0.25, -0.2) is 4.79 Å². The number of hydrogen-bond acceptors (Lipinski definition) is 2. The maximum absolute atomic E-state index is 12.6.